The van der Waals surface area contributed by atoms with E-state index in [1.807, 2.05) is 6.07 Å². The second-order valence-electron chi connectivity index (χ2n) is 9.83. The molecule has 0 saturated heterocycles. The number of carbonyl (C=O) groups excluding carboxylic acids is 1. The average Bonchev–Trinajstić information content (AvgIpc) is 3.38. The fourth-order valence-electron chi connectivity index (χ4n) is 4.19. The van der Waals surface area contributed by atoms with Gasteiger partial charge in [-0.3, -0.25) is 4.79 Å². The van der Waals surface area contributed by atoms with E-state index in [0.29, 0.717) is 18.5 Å². The number of amides is 1. The Bertz CT molecular complexity index is 1890. The van der Waals surface area contributed by atoms with E-state index < -0.39 is 37.6 Å². The van der Waals surface area contributed by atoms with Gasteiger partial charge in [0.2, 0.25) is 5.91 Å². The molecule has 254 valence electrons. The fraction of sp³-hybridized carbons (Fsp3) is 0.346. The van der Waals surface area contributed by atoms with Gasteiger partial charge < -0.3 is 19.3 Å². The maximum absolute atomic E-state index is 12.1. The van der Waals surface area contributed by atoms with Crippen molar-refractivity contribution in [3.8, 4) is 11.8 Å². The number of azo groups is 1. The van der Waals surface area contributed by atoms with Gasteiger partial charge in [0.15, 0.2) is 5.82 Å². The first-order valence-corrected chi connectivity index (χ1v) is 18.4. The van der Waals surface area contributed by atoms with Crippen molar-refractivity contribution >= 4 is 107 Å². The zero-order valence-corrected chi connectivity index (χ0v) is 37.9. The van der Waals surface area contributed by atoms with Crippen LogP contribution in [0.4, 0.5) is 22.9 Å². The molecule has 3 rings (SSSR count). The third kappa shape index (κ3) is 14.4. The van der Waals surface area contributed by atoms with Gasteiger partial charge in [-0.05, 0) is 43.9 Å². The number of nitrogens with zero attached hydrogens (tertiary/aromatic N) is 6. The summed E-state index contributed by atoms with van der Waals surface area (Å²) in [5.74, 6) is -1.69. The summed E-state index contributed by atoms with van der Waals surface area (Å²) in [6.07, 6.45) is 1.93. The molecular formula is C26H24Cl5K2N7O7S2. The largest absolute Gasteiger partial charge is 1.00 e. The number of nitrogens with one attached hydrogen (secondary N) is 1. The summed E-state index contributed by atoms with van der Waals surface area (Å²) in [7, 11) is -8.82. The second-order valence-corrected chi connectivity index (χ2v) is 14.8. The Morgan fingerprint density at radius 1 is 0.898 bits per heavy atom. The minimum absolute atomic E-state index is 0. The molecule has 1 heterocycles. The van der Waals surface area contributed by atoms with Crippen molar-refractivity contribution in [3.63, 3.8) is 0 Å². The van der Waals surface area contributed by atoms with E-state index in [-0.39, 0.29) is 182 Å². The van der Waals surface area contributed by atoms with E-state index in [0.717, 1.165) is 4.68 Å². The third-order valence-electron chi connectivity index (χ3n) is 6.32. The second kappa shape index (κ2) is 21.4. The molecule has 0 fully saturated rings. The molecule has 3 aromatic rings. The molecule has 1 aromatic heterocycles. The summed E-state index contributed by atoms with van der Waals surface area (Å²) in [5, 5.41) is 24.3. The molecule has 1 N–H and O–H groups in total. The van der Waals surface area contributed by atoms with Gasteiger partial charge in [0.05, 0.1) is 57.2 Å². The Morgan fingerprint density at radius 3 is 1.88 bits per heavy atom. The quantitative estimate of drug-likeness (QED) is 0.0568. The third-order valence-corrected chi connectivity index (χ3v) is 10.2. The molecule has 0 atom stereocenters. The monoisotopic (exact) mass is 863 g/mol. The number of hydrogen-bond donors (Lipinski definition) is 1. The van der Waals surface area contributed by atoms with Gasteiger partial charge in [-0.1, -0.05) is 58.0 Å². The zero-order valence-electron chi connectivity index (χ0n) is 26.2. The van der Waals surface area contributed by atoms with E-state index in [2.05, 4.69) is 20.6 Å². The Labute approximate surface area is 393 Å². The number of hydrogen-bond acceptors (Lipinski definition) is 12. The van der Waals surface area contributed by atoms with Crippen molar-refractivity contribution in [1.29, 1.82) is 5.26 Å². The molecule has 1 amide bonds. The number of rotatable bonds is 15. The van der Waals surface area contributed by atoms with Gasteiger partial charge in [0.25, 0.3) is 0 Å². The van der Waals surface area contributed by atoms with Crippen LogP contribution in [0.25, 0.3) is 5.69 Å². The molecule has 0 spiro atoms. The van der Waals surface area contributed by atoms with Crippen molar-refractivity contribution < 1.29 is 134 Å². The van der Waals surface area contributed by atoms with E-state index in [1.54, 1.807) is 17.0 Å². The van der Waals surface area contributed by atoms with Crippen molar-refractivity contribution in [2.45, 2.75) is 32.6 Å². The molecule has 2 aromatic carbocycles. The van der Waals surface area contributed by atoms with Crippen molar-refractivity contribution in [2.75, 3.05) is 34.8 Å². The van der Waals surface area contributed by atoms with Crippen LogP contribution in [0.1, 0.15) is 38.2 Å². The van der Waals surface area contributed by atoms with E-state index in [9.17, 15) is 36.0 Å². The van der Waals surface area contributed by atoms with E-state index in [1.165, 1.54) is 19.2 Å². The molecule has 0 radical (unpaired) electrons. The molecule has 0 aliphatic rings. The number of aromatic nitrogens is 2. The van der Waals surface area contributed by atoms with Crippen LogP contribution in [0, 0.1) is 11.3 Å². The Morgan fingerprint density at radius 2 is 1.41 bits per heavy atom. The van der Waals surface area contributed by atoms with Crippen LogP contribution in [-0.4, -0.2) is 66.2 Å². The van der Waals surface area contributed by atoms with Crippen LogP contribution >= 0.6 is 58.0 Å². The summed E-state index contributed by atoms with van der Waals surface area (Å²) >= 11 is 31.3. The molecule has 0 aliphatic carbocycles. The molecule has 49 heavy (non-hydrogen) atoms. The van der Waals surface area contributed by atoms with Gasteiger partial charge in [-0.15, -0.1) is 10.2 Å². The summed E-state index contributed by atoms with van der Waals surface area (Å²) < 4.78 is 67.3. The fourth-order valence-corrected chi connectivity index (χ4v) is 6.60. The number of nitriles is 1. The van der Waals surface area contributed by atoms with Gasteiger partial charge in [-0.2, -0.15) is 10.4 Å². The molecule has 0 saturated carbocycles. The Balaban J connectivity index is 0.00000600. The smallest absolute Gasteiger partial charge is 0.748 e. The van der Waals surface area contributed by atoms with Crippen LogP contribution < -0.4 is 113 Å². The first kappa shape index (κ1) is 47.6. The Hall–Kier alpha value is 0.553. The van der Waals surface area contributed by atoms with Crippen LogP contribution in [0.2, 0.25) is 25.1 Å². The first-order chi connectivity index (χ1) is 21.9. The van der Waals surface area contributed by atoms with Crippen molar-refractivity contribution in [3.05, 3.63) is 55.1 Å². The standard InChI is InChI=1S/C26H26Cl5N7O7S2.2K/c1-15(39)34-19-12-17(37(8-2-4-10-46(40,41)42)9-3-5-11-47(43,44)45)6-7-18(19)35-36-26-16(13-32)14-33-38(26)25-23(30)21(28)20(27)22(29)24(25)31;;/h6-7,12,14H,2-5,8-11H2,1H3,(H,34,39)(H,40,41,42)(H,43,44,45);;/q;2*+1/p-2. The maximum atomic E-state index is 12.1. The normalized spacial score (nSPS) is 11.5. The first-order valence-electron chi connectivity index (χ1n) is 13.4. The molecule has 0 unspecified atom stereocenters. The summed E-state index contributed by atoms with van der Waals surface area (Å²) in [6.45, 7) is 1.79. The van der Waals surface area contributed by atoms with Crippen LogP contribution in [0.3, 0.4) is 0 Å². The van der Waals surface area contributed by atoms with Gasteiger partial charge in [0.1, 0.15) is 23.0 Å². The number of anilines is 2. The van der Waals surface area contributed by atoms with Crippen molar-refractivity contribution in [2.24, 2.45) is 10.2 Å². The van der Waals surface area contributed by atoms with E-state index >= 15 is 0 Å². The summed E-state index contributed by atoms with van der Waals surface area (Å²) in [5.41, 5.74) is 0.790. The molecule has 23 heteroatoms. The number of benzene rings is 2. The molecule has 14 nitrogen and oxygen atoms in total. The SMILES string of the molecule is CC(=O)Nc1cc(N(CCCCS(=O)(=O)[O-])CCCCS(=O)(=O)[O-])ccc1N=Nc1c(C#N)cnn1-c1c(Cl)c(Cl)c(Cl)c(Cl)c1Cl.[K+].[K+]. The molecular weight excluding hydrogens is 842 g/mol. The van der Waals surface area contributed by atoms with Gasteiger partial charge in [0, 0.05) is 37.2 Å². The van der Waals surface area contributed by atoms with Crippen molar-refractivity contribution in [1.82, 2.24) is 9.78 Å². The average molecular weight is 866 g/mol. The van der Waals surface area contributed by atoms with Gasteiger partial charge in [-0.25, -0.2) is 21.5 Å². The molecule has 0 aliphatic heterocycles. The van der Waals surface area contributed by atoms with Crippen LogP contribution in [0.5, 0.6) is 0 Å². The maximum Gasteiger partial charge on any atom is 1.00 e. The minimum Gasteiger partial charge on any atom is -0.748 e. The molecule has 0 bridgehead atoms. The van der Waals surface area contributed by atoms with Crippen LogP contribution in [0.15, 0.2) is 34.6 Å². The van der Waals surface area contributed by atoms with E-state index in [4.69, 9.17) is 58.0 Å². The Kier molecular flexibility index (Phi) is 20.8. The summed E-state index contributed by atoms with van der Waals surface area (Å²) in [4.78, 5) is 13.9. The van der Waals surface area contributed by atoms with Crippen LogP contribution in [-0.2, 0) is 25.0 Å². The predicted molar refractivity (Wildman–Crippen MR) is 178 cm³/mol. The zero-order chi connectivity index (χ0) is 35.1. The van der Waals surface area contributed by atoms with Gasteiger partial charge >= 0.3 is 103 Å². The minimum atomic E-state index is -4.41. The topological polar surface area (TPSA) is 213 Å². The predicted octanol–water partition coefficient (Wildman–Crippen LogP) is 0.850. The number of halogens is 5. The number of carbonyl (C=O) groups is 1. The number of unbranched alkanes of at least 4 members (excludes halogenated alkanes) is 2. The summed E-state index contributed by atoms with van der Waals surface area (Å²) in [6, 6.07) is 6.61.